The number of likely N-dealkylation sites (N-methyl/N-ethyl adjacent to an activating group) is 1. The van der Waals surface area contributed by atoms with Crippen molar-refractivity contribution in [1.82, 2.24) is 10.2 Å². The molecule has 0 aromatic heterocycles. The molecule has 2 aromatic carbocycles. The molecule has 1 N–H and O–H groups in total. The molecule has 170 valence electrons. The Morgan fingerprint density at radius 2 is 1.91 bits per heavy atom. The summed E-state index contributed by atoms with van der Waals surface area (Å²) in [6.45, 7) is 2.01. The number of hydrogen-bond donors (Lipinski definition) is 1. The van der Waals surface area contributed by atoms with Crippen molar-refractivity contribution < 1.29 is 23.9 Å². The molecule has 2 aromatic rings. The summed E-state index contributed by atoms with van der Waals surface area (Å²) in [5.74, 6) is 0.807. The molecule has 32 heavy (non-hydrogen) atoms. The Morgan fingerprint density at radius 1 is 1.19 bits per heavy atom. The summed E-state index contributed by atoms with van der Waals surface area (Å²) < 4.78 is 10.7. The largest absolute Gasteiger partial charge is 0.497 e. The summed E-state index contributed by atoms with van der Waals surface area (Å²) in [7, 11) is 5.53. The molecule has 1 aliphatic heterocycles. The van der Waals surface area contributed by atoms with Crippen molar-refractivity contribution in [3.05, 3.63) is 53.6 Å². The summed E-state index contributed by atoms with van der Waals surface area (Å²) in [4.78, 5) is 40.2. The van der Waals surface area contributed by atoms with Crippen molar-refractivity contribution >= 4 is 23.3 Å². The zero-order valence-corrected chi connectivity index (χ0v) is 18.9. The van der Waals surface area contributed by atoms with E-state index < -0.39 is 0 Å². The summed E-state index contributed by atoms with van der Waals surface area (Å²) in [5.41, 5.74) is 2.07. The van der Waals surface area contributed by atoms with Gasteiger partial charge in [-0.25, -0.2) is 0 Å². The maximum atomic E-state index is 12.6. The van der Waals surface area contributed by atoms with Gasteiger partial charge in [-0.3, -0.25) is 14.4 Å². The third-order valence-corrected chi connectivity index (χ3v) is 5.49. The lowest BCUT2D eigenvalue weighted by Crippen LogP contribution is -2.42. The van der Waals surface area contributed by atoms with Crippen LogP contribution in [-0.2, 0) is 9.59 Å². The highest BCUT2D eigenvalue weighted by Crippen LogP contribution is 2.33. The Kier molecular flexibility index (Phi) is 7.48. The Bertz CT molecular complexity index is 988. The SMILES string of the molecule is COc1ccc(C(CNC(=O)CCN2C(=O)COc3ccc(C(C)=O)cc32)N(C)C)cc1. The number of carbonyl (C=O) groups excluding carboxylic acids is 3. The predicted octanol–water partition coefficient (Wildman–Crippen LogP) is 2.43. The quantitative estimate of drug-likeness (QED) is 0.604. The minimum atomic E-state index is -0.240. The lowest BCUT2D eigenvalue weighted by Gasteiger charge is -2.30. The number of nitrogens with one attached hydrogen (secondary N) is 1. The van der Waals surface area contributed by atoms with Crippen molar-refractivity contribution in [1.29, 1.82) is 0 Å². The van der Waals surface area contributed by atoms with Gasteiger partial charge in [0.15, 0.2) is 12.4 Å². The second-order valence-electron chi connectivity index (χ2n) is 7.88. The van der Waals surface area contributed by atoms with Gasteiger partial charge in [-0.05, 0) is 56.9 Å². The molecule has 0 bridgehead atoms. The fourth-order valence-corrected chi connectivity index (χ4v) is 3.60. The van der Waals surface area contributed by atoms with Crippen LogP contribution in [0.1, 0.15) is 35.3 Å². The molecule has 0 saturated carbocycles. The fourth-order valence-electron chi connectivity index (χ4n) is 3.60. The van der Waals surface area contributed by atoms with Crippen molar-refractivity contribution in [2.24, 2.45) is 0 Å². The van der Waals surface area contributed by atoms with E-state index in [4.69, 9.17) is 9.47 Å². The number of methoxy groups -OCH3 is 1. The number of fused-ring (bicyclic) bond motifs is 1. The third kappa shape index (κ3) is 5.45. The highest BCUT2D eigenvalue weighted by Gasteiger charge is 2.27. The number of amides is 2. The third-order valence-electron chi connectivity index (χ3n) is 5.49. The molecular weight excluding hydrogens is 410 g/mol. The van der Waals surface area contributed by atoms with Crippen LogP contribution in [-0.4, -0.2) is 63.4 Å². The molecule has 1 unspecified atom stereocenters. The minimum absolute atomic E-state index is 0.00581. The Hall–Kier alpha value is -3.39. The number of benzene rings is 2. The molecular formula is C24H29N3O5. The van der Waals surface area contributed by atoms with Gasteiger partial charge in [0.25, 0.3) is 5.91 Å². The highest BCUT2D eigenvalue weighted by atomic mass is 16.5. The van der Waals surface area contributed by atoms with E-state index in [-0.39, 0.29) is 43.2 Å². The van der Waals surface area contributed by atoms with Gasteiger partial charge < -0.3 is 24.6 Å². The average molecular weight is 440 g/mol. The van der Waals surface area contributed by atoms with Crippen LogP contribution >= 0.6 is 0 Å². The molecule has 0 radical (unpaired) electrons. The van der Waals surface area contributed by atoms with E-state index in [9.17, 15) is 14.4 Å². The molecule has 1 atom stereocenters. The first-order valence-corrected chi connectivity index (χ1v) is 10.5. The first-order chi connectivity index (χ1) is 15.3. The molecule has 1 heterocycles. The summed E-state index contributed by atoms with van der Waals surface area (Å²) >= 11 is 0. The van der Waals surface area contributed by atoms with Crippen molar-refractivity contribution in [2.45, 2.75) is 19.4 Å². The molecule has 0 aliphatic carbocycles. The molecule has 1 aliphatic rings. The number of Topliss-reactive ketones (excluding diaryl/α,β-unsaturated/α-hetero) is 1. The number of hydrogen-bond acceptors (Lipinski definition) is 6. The monoisotopic (exact) mass is 439 g/mol. The van der Waals surface area contributed by atoms with Gasteiger partial charge in [0.2, 0.25) is 5.91 Å². The molecule has 0 saturated heterocycles. The fraction of sp³-hybridized carbons (Fsp3) is 0.375. The van der Waals surface area contributed by atoms with Gasteiger partial charge in [0.05, 0.1) is 18.8 Å². The Morgan fingerprint density at radius 3 is 2.53 bits per heavy atom. The van der Waals surface area contributed by atoms with E-state index in [2.05, 4.69) is 5.32 Å². The zero-order valence-electron chi connectivity index (χ0n) is 18.9. The predicted molar refractivity (Wildman–Crippen MR) is 121 cm³/mol. The Labute approximate surface area is 188 Å². The lowest BCUT2D eigenvalue weighted by molar-refractivity contribution is -0.122. The van der Waals surface area contributed by atoms with E-state index in [1.807, 2.05) is 43.3 Å². The number of ether oxygens (including phenoxy) is 2. The topological polar surface area (TPSA) is 88.2 Å². The van der Waals surface area contributed by atoms with Crippen LogP contribution in [0.25, 0.3) is 0 Å². The number of rotatable bonds is 9. The summed E-state index contributed by atoms with van der Waals surface area (Å²) in [5, 5.41) is 2.96. The van der Waals surface area contributed by atoms with E-state index in [1.165, 1.54) is 11.8 Å². The van der Waals surface area contributed by atoms with Gasteiger partial charge in [0.1, 0.15) is 11.5 Å². The number of anilines is 1. The van der Waals surface area contributed by atoms with Crippen molar-refractivity contribution in [3.63, 3.8) is 0 Å². The molecule has 3 rings (SSSR count). The molecule has 8 heteroatoms. The average Bonchev–Trinajstić information content (AvgIpc) is 2.78. The number of nitrogens with zero attached hydrogens (tertiary/aromatic N) is 2. The van der Waals surface area contributed by atoms with Gasteiger partial charge in [-0.1, -0.05) is 12.1 Å². The second kappa shape index (κ2) is 10.3. The normalized spacial score (nSPS) is 13.9. The van der Waals surface area contributed by atoms with E-state index in [0.717, 1.165) is 11.3 Å². The van der Waals surface area contributed by atoms with Crippen LogP contribution in [0.3, 0.4) is 0 Å². The van der Waals surface area contributed by atoms with Crippen LogP contribution < -0.4 is 19.7 Å². The summed E-state index contributed by atoms with van der Waals surface area (Å²) in [6, 6.07) is 12.7. The van der Waals surface area contributed by atoms with Crippen molar-refractivity contribution in [3.8, 4) is 11.5 Å². The number of ketones is 1. The standard InChI is InChI=1S/C24H29N3O5/c1-16(28)18-7-10-22-20(13-18)27(24(30)15-32-22)12-11-23(29)25-14-21(26(2)3)17-5-8-19(31-4)9-6-17/h5-10,13,21H,11-12,14-15H2,1-4H3,(H,25,29). The summed E-state index contributed by atoms with van der Waals surface area (Å²) in [6.07, 6.45) is 0.137. The highest BCUT2D eigenvalue weighted by molar-refractivity contribution is 6.01. The second-order valence-corrected chi connectivity index (χ2v) is 7.88. The first kappa shape index (κ1) is 23.3. The van der Waals surface area contributed by atoms with Crippen molar-refractivity contribution in [2.75, 3.05) is 45.8 Å². The van der Waals surface area contributed by atoms with E-state index in [1.54, 1.807) is 25.3 Å². The van der Waals surface area contributed by atoms with Crippen LogP contribution in [0, 0.1) is 0 Å². The van der Waals surface area contributed by atoms with Crippen LogP contribution in [0.15, 0.2) is 42.5 Å². The van der Waals surface area contributed by atoms with Gasteiger partial charge in [0, 0.05) is 25.1 Å². The maximum Gasteiger partial charge on any atom is 0.265 e. The number of carbonyl (C=O) groups is 3. The van der Waals surface area contributed by atoms with Gasteiger partial charge in [-0.15, -0.1) is 0 Å². The van der Waals surface area contributed by atoms with Crippen LogP contribution in [0.2, 0.25) is 0 Å². The van der Waals surface area contributed by atoms with Crippen LogP contribution in [0.4, 0.5) is 5.69 Å². The minimum Gasteiger partial charge on any atom is -0.497 e. The van der Waals surface area contributed by atoms with E-state index >= 15 is 0 Å². The zero-order chi connectivity index (χ0) is 23.3. The molecule has 2 amide bonds. The molecule has 0 fully saturated rings. The maximum absolute atomic E-state index is 12.6. The van der Waals surface area contributed by atoms with E-state index in [0.29, 0.717) is 23.5 Å². The van der Waals surface area contributed by atoms with Crippen LogP contribution in [0.5, 0.6) is 11.5 Å². The lowest BCUT2D eigenvalue weighted by atomic mass is 10.1. The Balaban J connectivity index is 1.62. The van der Waals surface area contributed by atoms with Gasteiger partial charge >= 0.3 is 0 Å². The first-order valence-electron chi connectivity index (χ1n) is 10.5. The molecule has 0 spiro atoms. The smallest absolute Gasteiger partial charge is 0.265 e. The molecule has 8 nitrogen and oxygen atoms in total. The van der Waals surface area contributed by atoms with Gasteiger partial charge in [-0.2, -0.15) is 0 Å².